The average Bonchev–Trinajstić information content (AvgIpc) is 3.50. The van der Waals surface area contributed by atoms with E-state index in [9.17, 15) is 4.79 Å². The van der Waals surface area contributed by atoms with E-state index >= 15 is 0 Å². The highest BCUT2D eigenvalue weighted by atomic mass is 16.3. The van der Waals surface area contributed by atoms with Crippen LogP contribution in [0.1, 0.15) is 60.6 Å². The maximum absolute atomic E-state index is 13.9. The van der Waals surface area contributed by atoms with Gasteiger partial charge < -0.3 is 20.0 Å². The van der Waals surface area contributed by atoms with Crippen LogP contribution in [0.3, 0.4) is 0 Å². The number of rotatable bonds is 7. The third kappa shape index (κ3) is 6.69. The van der Waals surface area contributed by atoms with Gasteiger partial charge in [0.25, 0.3) is 5.56 Å². The van der Waals surface area contributed by atoms with Gasteiger partial charge in [-0.05, 0) is 99.9 Å². The van der Waals surface area contributed by atoms with E-state index in [0.29, 0.717) is 23.2 Å². The molecule has 8 nitrogen and oxygen atoms in total. The first-order valence-corrected chi connectivity index (χ1v) is 15.2. The van der Waals surface area contributed by atoms with Crippen molar-refractivity contribution in [1.82, 2.24) is 19.4 Å². The van der Waals surface area contributed by atoms with Crippen molar-refractivity contribution >= 4 is 28.4 Å². The van der Waals surface area contributed by atoms with E-state index in [0.717, 1.165) is 65.1 Å². The lowest BCUT2D eigenvalue weighted by Gasteiger charge is -2.30. The highest BCUT2D eigenvalue weighted by Crippen LogP contribution is 2.24. The second-order valence-electron chi connectivity index (χ2n) is 11.9. The monoisotopic (exact) mass is 586 g/mol. The topological polar surface area (TPSA) is 88.2 Å². The molecule has 0 saturated carbocycles. The minimum atomic E-state index is -0.225. The number of pyridine rings is 1. The summed E-state index contributed by atoms with van der Waals surface area (Å²) in [5.41, 5.74) is 5.69. The van der Waals surface area contributed by atoms with E-state index < -0.39 is 0 Å². The first-order valence-electron chi connectivity index (χ1n) is 15.2. The lowest BCUT2D eigenvalue weighted by molar-refractivity contribution is 0.264. The van der Waals surface area contributed by atoms with Gasteiger partial charge in [0.1, 0.15) is 11.4 Å². The molecule has 0 radical (unpaired) electrons. The van der Waals surface area contributed by atoms with E-state index in [1.807, 2.05) is 49.4 Å². The van der Waals surface area contributed by atoms with Crippen LogP contribution in [0.2, 0.25) is 0 Å². The Hall–Kier alpha value is -4.87. The summed E-state index contributed by atoms with van der Waals surface area (Å²) in [5.74, 6) is 7.62. The predicted molar refractivity (Wildman–Crippen MR) is 177 cm³/mol. The van der Waals surface area contributed by atoms with E-state index in [4.69, 9.17) is 9.40 Å². The molecule has 1 fully saturated rings. The molecule has 0 aliphatic carbocycles. The standard InChI is InChI=1S/C36H38N6O2/c1-24(2)32-17-20-44-33(32)23-42-34-28(21-27(35(42)43)10-9-26-7-5-25(3)6-8-26)22-37-36(40-34)39-30-13-11-29(12-14-30)38-31-15-18-41(4)19-16-31/h5-8,11-14,17,20-22,24,31,38H,15-16,18-19,23H2,1-4H3,(H,37,39,40). The summed E-state index contributed by atoms with van der Waals surface area (Å²) >= 11 is 0. The number of likely N-dealkylation sites (tertiary alicyclic amines) is 1. The number of benzene rings is 2. The lowest BCUT2D eigenvalue weighted by Crippen LogP contribution is -2.36. The van der Waals surface area contributed by atoms with Gasteiger partial charge in [0.15, 0.2) is 0 Å². The Kier molecular flexibility index (Phi) is 8.49. The van der Waals surface area contributed by atoms with Crippen LogP contribution in [0.25, 0.3) is 11.0 Å². The molecule has 6 rings (SSSR count). The van der Waals surface area contributed by atoms with Gasteiger partial charge in [0.05, 0.1) is 18.4 Å². The van der Waals surface area contributed by atoms with Crippen molar-refractivity contribution < 1.29 is 4.42 Å². The van der Waals surface area contributed by atoms with E-state index in [1.165, 1.54) is 0 Å². The molecule has 224 valence electrons. The molecule has 8 heteroatoms. The maximum atomic E-state index is 13.9. The van der Waals surface area contributed by atoms with E-state index in [-0.39, 0.29) is 18.0 Å². The molecule has 0 amide bonds. The fourth-order valence-corrected chi connectivity index (χ4v) is 5.54. The summed E-state index contributed by atoms with van der Waals surface area (Å²) in [6.45, 7) is 8.72. The predicted octanol–water partition coefficient (Wildman–Crippen LogP) is 6.51. The first kappa shape index (κ1) is 29.2. The molecular weight excluding hydrogens is 548 g/mol. The number of nitrogens with zero attached hydrogens (tertiary/aromatic N) is 4. The molecule has 0 unspecified atom stereocenters. The van der Waals surface area contributed by atoms with Crippen LogP contribution in [-0.4, -0.2) is 45.6 Å². The van der Waals surface area contributed by atoms with Gasteiger partial charge in [-0.2, -0.15) is 4.98 Å². The van der Waals surface area contributed by atoms with Crippen LogP contribution in [0.4, 0.5) is 17.3 Å². The van der Waals surface area contributed by atoms with Gasteiger partial charge in [0, 0.05) is 34.6 Å². The molecular formula is C36H38N6O2. The smallest absolute Gasteiger partial charge is 0.268 e. The van der Waals surface area contributed by atoms with Crippen LogP contribution < -0.4 is 16.2 Å². The third-order valence-electron chi connectivity index (χ3n) is 8.15. The molecule has 4 heterocycles. The van der Waals surface area contributed by atoms with E-state index in [1.54, 1.807) is 23.1 Å². The van der Waals surface area contributed by atoms with Gasteiger partial charge in [-0.25, -0.2) is 4.98 Å². The van der Waals surface area contributed by atoms with Crippen molar-refractivity contribution in [3.8, 4) is 11.8 Å². The zero-order valence-corrected chi connectivity index (χ0v) is 25.7. The number of hydrogen-bond acceptors (Lipinski definition) is 7. The summed E-state index contributed by atoms with van der Waals surface area (Å²) in [6.07, 6.45) is 5.68. The molecule has 0 spiro atoms. The zero-order valence-electron chi connectivity index (χ0n) is 25.7. The number of aromatic nitrogens is 3. The normalized spacial score (nSPS) is 14.0. The molecule has 0 atom stereocenters. The zero-order chi connectivity index (χ0) is 30.6. The van der Waals surface area contributed by atoms with Gasteiger partial charge in [-0.1, -0.05) is 43.4 Å². The van der Waals surface area contributed by atoms with Crippen LogP contribution in [0, 0.1) is 18.8 Å². The average molecular weight is 587 g/mol. The van der Waals surface area contributed by atoms with E-state index in [2.05, 4.69) is 65.4 Å². The van der Waals surface area contributed by atoms with Crippen LogP contribution >= 0.6 is 0 Å². The lowest BCUT2D eigenvalue weighted by atomic mass is 10.0. The molecule has 3 aromatic heterocycles. The van der Waals surface area contributed by atoms with Crippen molar-refractivity contribution in [3.05, 3.63) is 111 Å². The molecule has 2 aromatic carbocycles. The first-order chi connectivity index (χ1) is 21.3. The summed E-state index contributed by atoms with van der Waals surface area (Å²) < 4.78 is 7.49. The maximum Gasteiger partial charge on any atom is 0.268 e. The number of anilines is 3. The fraction of sp³-hybridized carbons (Fsp3) is 0.306. The number of nitrogens with one attached hydrogen (secondary N) is 2. The second kappa shape index (κ2) is 12.8. The van der Waals surface area contributed by atoms with Gasteiger partial charge in [0.2, 0.25) is 5.95 Å². The summed E-state index contributed by atoms with van der Waals surface area (Å²) in [5, 5.41) is 7.68. The van der Waals surface area contributed by atoms with Gasteiger partial charge in [-0.15, -0.1) is 0 Å². The molecule has 0 bridgehead atoms. The molecule has 1 aliphatic heterocycles. The minimum Gasteiger partial charge on any atom is -0.467 e. The largest absolute Gasteiger partial charge is 0.467 e. The fourth-order valence-electron chi connectivity index (χ4n) is 5.54. The highest BCUT2D eigenvalue weighted by molar-refractivity contribution is 5.78. The molecule has 5 aromatic rings. The Morgan fingerprint density at radius 1 is 1.00 bits per heavy atom. The van der Waals surface area contributed by atoms with Crippen LogP contribution in [0.15, 0.2) is 82.3 Å². The van der Waals surface area contributed by atoms with Crippen molar-refractivity contribution in [1.29, 1.82) is 0 Å². The Bertz CT molecular complexity index is 1870. The van der Waals surface area contributed by atoms with Gasteiger partial charge >= 0.3 is 0 Å². The Morgan fingerprint density at radius 3 is 2.45 bits per heavy atom. The minimum absolute atomic E-state index is 0.225. The summed E-state index contributed by atoms with van der Waals surface area (Å²) in [7, 11) is 2.17. The van der Waals surface area contributed by atoms with Crippen molar-refractivity contribution in [2.45, 2.75) is 52.1 Å². The number of furan rings is 1. The second-order valence-corrected chi connectivity index (χ2v) is 11.9. The quantitative estimate of drug-likeness (QED) is 0.210. The molecule has 44 heavy (non-hydrogen) atoms. The van der Waals surface area contributed by atoms with Gasteiger partial charge in [-0.3, -0.25) is 9.36 Å². The highest BCUT2D eigenvalue weighted by Gasteiger charge is 2.18. The van der Waals surface area contributed by atoms with Crippen molar-refractivity contribution in [2.24, 2.45) is 0 Å². The van der Waals surface area contributed by atoms with Crippen LogP contribution in [0.5, 0.6) is 0 Å². The van der Waals surface area contributed by atoms with Crippen LogP contribution in [-0.2, 0) is 6.54 Å². The van der Waals surface area contributed by atoms with Crippen molar-refractivity contribution in [3.63, 3.8) is 0 Å². The number of aryl methyl sites for hydroxylation is 1. The number of fused-ring (bicyclic) bond motifs is 1. The molecule has 2 N–H and O–H groups in total. The summed E-state index contributed by atoms with van der Waals surface area (Å²) in [6, 6.07) is 20.3. The van der Waals surface area contributed by atoms with Crippen molar-refractivity contribution in [2.75, 3.05) is 30.8 Å². The Balaban J connectivity index is 1.31. The summed E-state index contributed by atoms with van der Waals surface area (Å²) in [4.78, 5) is 25.6. The SMILES string of the molecule is Cc1ccc(C#Cc2cc3cnc(Nc4ccc(NC5CCN(C)CC5)cc4)nc3n(Cc3occc3C(C)C)c2=O)cc1. The number of piperidine rings is 1. The Labute approximate surface area is 258 Å². The molecule has 1 saturated heterocycles. The molecule has 1 aliphatic rings. The third-order valence-corrected chi connectivity index (χ3v) is 8.15. The number of hydrogen-bond donors (Lipinski definition) is 2. The Morgan fingerprint density at radius 2 is 1.73 bits per heavy atom.